The number of rotatable bonds is 6. The van der Waals surface area contributed by atoms with Crippen molar-refractivity contribution in [2.24, 2.45) is 0 Å². The first kappa shape index (κ1) is 18.3. The minimum absolute atomic E-state index is 0.0217. The van der Waals surface area contributed by atoms with E-state index in [1.165, 1.54) is 6.92 Å². The lowest BCUT2D eigenvalue weighted by Crippen LogP contribution is -2.55. The first-order valence-corrected chi connectivity index (χ1v) is 8.21. The molecule has 0 saturated carbocycles. The third-order valence-corrected chi connectivity index (χ3v) is 4.31. The van der Waals surface area contributed by atoms with Gasteiger partial charge in [0.25, 0.3) is 0 Å². The van der Waals surface area contributed by atoms with Gasteiger partial charge in [0.1, 0.15) is 18.0 Å². The number of amides is 2. The number of methoxy groups -OCH3 is 1. The molecular weight excluding hydrogens is 308 g/mol. The van der Waals surface area contributed by atoms with Crippen LogP contribution in [0.15, 0.2) is 24.3 Å². The molecule has 6 heteroatoms. The van der Waals surface area contributed by atoms with Crippen molar-refractivity contribution in [1.29, 1.82) is 0 Å². The highest BCUT2D eigenvalue weighted by molar-refractivity contribution is 5.83. The molecule has 1 heterocycles. The minimum Gasteiger partial charge on any atom is -0.491 e. The van der Waals surface area contributed by atoms with Crippen LogP contribution in [0.25, 0.3) is 0 Å². The van der Waals surface area contributed by atoms with E-state index in [2.05, 4.69) is 5.32 Å². The first-order valence-electron chi connectivity index (χ1n) is 8.21. The van der Waals surface area contributed by atoms with Gasteiger partial charge in [0.05, 0.1) is 13.1 Å². The Morgan fingerprint density at radius 1 is 1.38 bits per heavy atom. The Morgan fingerprint density at radius 3 is 2.83 bits per heavy atom. The van der Waals surface area contributed by atoms with Gasteiger partial charge >= 0.3 is 0 Å². The number of nitrogens with zero attached hydrogens (tertiary/aromatic N) is 1. The predicted octanol–water partition coefficient (Wildman–Crippen LogP) is 1.52. The predicted molar refractivity (Wildman–Crippen MR) is 90.9 cm³/mol. The Labute approximate surface area is 143 Å². The molecule has 1 aliphatic heterocycles. The van der Waals surface area contributed by atoms with Gasteiger partial charge < -0.3 is 19.7 Å². The molecule has 1 atom stereocenters. The van der Waals surface area contributed by atoms with Crippen LogP contribution in [0, 0.1) is 6.92 Å². The van der Waals surface area contributed by atoms with Gasteiger partial charge in [-0.25, -0.2) is 0 Å². The lowest BCUT2D eigenvalue weighted by atomic mass is 9.93. The summed E-state index contributed by atoms with van der Waals surface area (Å²) in [5, 5.41) is 2.55. The van der Waals surface area contributed by atoms with E-state index in [-0.39, 0.29) is 18.4 Å². The number of likely N-dealkylation sites (tertiary alicyclic amines) is 1. The maximum absolute atomic E-state index is 12.2. The molecule has 2 rings (SSSR count). The number of benzene rings is 1. The number of carbonyl (C=O) groups excluding carboxylic acids is 2. The molecule has 132 valence electrons. The molecule has 1 fully saturated rings. The van der Waals surface area contributed by atoms with Gasteiger partial charge in [0.15, 0.2) is 0 Å². The van der Waals surface area contributed by atoms with Crippen molar-refractivity contribution in [3.05, 3.63) is 29.8 Å². The molecule has 0 radical (unpaired) electrons. The van der Waals surface area contributed by atoms with Gasteiger partial charge in [-0.05, 0) is 37.5 Å². The fourth-order valence-corrected chi connectivity index (χ4v) is 2.89. The maximum atomic E-state index is 12.2. The van der Waals surface area contributed by atoms with Gasteiger partial charge in [0.2, 0.25) is 11.8 Å². The summed E-state index contributed by atoms with van der Waals surface area (Å²) in [4.78, 5) is 25.0. The normalized spacial score (nSPS) is 20.5. The van der Waals surface area contributed by atoms with Crippen molar-refractivity contribution in [3.8, 4) is 5.75 Å². The summed E-state index contributed by atoms with van der Waals surface area (Å²) in [7, 11) is 1.65. The van der Waals surface area contributed by atoms with Crippen LogP contribution >= 0.6 is 0 Å². The van der Waals surface area contributed by atoms with E-state index < -0.39 is 5.60 Å². The van der Waals surface area contributed by atoms with Crippen LogP contribution in [0.5, 0.6) is 5.75 Å². The van der Waals surface area contributed by atoms with Crippen molar-refractivity contribution >= 4 is 11.8 Å². The van der Waals surface area contributed by atoms with Gasteiger partial charge in [-0.1, -0.05) is 12.1 Å². The molecule has 24 heavy (non-hydrogen) atoms. The van der Waals surface area contributed by atoms with Crippen molar-refractivity contribution in [3.63, 3.8) is 0 Å². The zero-order chi connectivity index (χ0) is 17.6. The smallest absolute Gasteiger partial charge is 0.242 e. The van der Waals surface area contributed by atoms with E-state index in [0.717, 1.165) is 24.2 Å². The van der Waals surface area contributed by atoms with Crippen LogP contribution in [-0.4, -0.2) is 55.7 Å². The fourth-order valence-electron chi connectivity index (χ4n) is 2.89. The van der Waals surface area contributed by atoms with Gasteiger partial charge in [-0.2, -0.15) is 0 Å². The number of aryl methyl sites for hydroxylation is 1. The molecule has 1 aromatic rings. The topological polar surface area (TPSA) is 67.9 Å². The fraction of sp³-hybridized carbons (Fsp3) is 0.556. The van der Waals surface area contributed by atoms with Gasteiger partial charge in [-0.3, -0.25) is 9.59 Å². The van der Waals surface area contributed by atoms with Crippen molar-refractivity contribution < 1.29 is 19.1 Å². The van der Waals surface area contributed by atoms with Crippen molar-refractivity contribution in [2.75, 3.05) is 33.4 Å². The van der Waals surface area contributed by atoms with Crippen LogP contribution < -0.4 is 10.1 Å². The standard InChI is InChI=1S/C18H26N2O4/c1-14-6-4-7-16(10-14)24-13-18(23-3)8-5-9-20(12-18)17(22)11-19-15(2)21/h4,6-7,10H,5,8-9,11-13H2,1-3H3,(H,19,21)/t18-/m0/s1. The summed E-state index contributed by atoms with van der Waals surface area (Å²) in [6.45, 7) is 4.97. The first-order chi connectivity index (χ1) is 11.4. The second-order valence-corrected chi connectivity index (χ2v) is 6.32. The van der Waals surface area contributed by atoms with Crippen LogP contribution in [0.1, 0.15) is 25.3 Å². The monoisotopic (exact) mass is 334 g/mol. The summed E-state index contributed by atoms with van der Waals surface area (Å²) >= 11 is 0. The Morgan fingerprint density at radius 2 is 2.17 bits per heavy atom. The second-order valence-electron chi connectivity index (χ2n) is 6.32. The molecular formula is C18H26N2O4. The minimum atomic E-state index is -0.520. The van der Waals surface area contributed by atoms with Crippen molar-refractivity contribution in [2.45, 2.75) is 32.3 Å². The zero-order valence-electron chi connectivity index (χ0n) is 14.6. The summed E-state index contributed by atoms with van der Waals surface area (Å²) in [5.41, 5.74) is 0.614. The quantitative estimate of drug-likeness (QED) is 0.856. The van der Waals surface area contributed by atoms with Crippen LogP contribution in [-0.2, 0) is 14.3 Å². The average molecular weight is 334 g/mol. The summed E-state index contributed by atoms with van der Waals surface area (Å²) in [6, 6.07) is 7.86. The Hall–Kier alpha value is -2.08. The van der Waals surface area contributed by atoms with Crippen LogP contribution in [0.4, 0.5) is 0 Å². The molecule has 1 N–H and O–H groups in total. The SMILES string of the molecule is CO[C@@]1(COc2cccc(C)c2)CCCN(C(=O)CNC(C)=O)C1. The lowest BCUT2D eigenvalue weighted by Gasteiger charge is -2.41. The highest BCUT2D eigenvalue weighted by Gasteiger charge is 2.38. The number of carbonyl (C=O) groups is 2. The third-order valence-electron chi connectivity index (χ3n) is 4.31. The lowest BCUT2D eigenvalue weighted by molar-refractivity contribution is -0.143. The molecule has 0 spiro atoms. The molecule has 6 nitrogen and oxygen atoms in total. The Balaban J connectivity index is 1.97. The summed E-state index contributed by atoms with van der Waals surface area (Å²) < 4.78 is 11.6. The molecule has 1 aliphatic rings. The number of hydrogen-bond donors (Lipinski definition) is 1. The van der Waals surface area contributed by atoms with E-state index in [0.29, 0.717) is 19.7 Å². The van der Waals surface area contributed by atoms with Gasteiger partial charge in [-0.15, -0.1) is 0 Å². The third kappa shape index (κ3) is 4.96. The number of piperidine rings is 1. The largest absolute Gasteiger partial charge is 0.491 e. The molecule has 0 unspecified atom stereocenters. The molecule has 1 aromatic carbocycles. The number of hydrogen-bond acceptors (Lipinski definition) is 4. The molecule has 0 aromatic heterocycles. The highest BCUT2D eigenvalue weighted by Crippen LogP contribution is 2.26. The molecule has 2 amide bonds. The van der Waals surface area contributed by atoms with Gasteiger partial charge in [0, 0.05) is 20.6 Å². The van der Waals surface area contributed by atoms with E-state index in [1.807, 2.05) is 31.2 Å². The summed E-state index contributed by atoms with van der Waals surface area (Å²) in [6.07, 6.45) is 1.68. The molecule has 1 saturated heterocycles. The van der Waals surface area contributed by atoms with E-state index in [9.17, 15) is 9.59 Å². The number of ether oxygens (including phenoxy) is 2. The molecule has 0 bridgehead atoms. The van der Waals surface area contributed by atoms with E-state index in [4.69, 9.17) is 9.47 Å². The van der Waals surface area contributed by atoms with Crippen molar-refractivity contribution in [1.82, 2.24) is 10.2 Å². The second kappa shape index (κ2) is 8.15. The average Bonchev–Trinajstić information content (AvgIpc) is 2.58. The van der Waals surface area contributed by atoms with E-state index >= 15 is 0 Å². The number of nitrogens with one attached hydrogen (secondary N) is 1. The van der Waals surface area contributed by atoms with E-state index in [1.54, 1.807) is 12.0 Å². The Kier molecular flexibility index (Phi) is 6.20. The molecule has 0 aliphatic carbocycles. The Bertz CT molecular complexity index is 590. The van der Waals surface area contributed by atoms with Crippen LogP contribution in [0.2, 0.25) is 0 Å². The highest BCUT2D eigenvalue weighted by atomic mass is 16.5. The summed E-state index contributed by atoms with van der Waals surface area (Å²) in [5.74, 6) is 0.496. The zero-order valence-corrected chi connectivity index (χ0v) is 14.6. The maximum Gasteiger partial charge on any atom is 0.242 e. The van der Waals surface area contributed by atoms with Crippen LogP contribution in [0.3, 0.4) is 0 Å².